The van der Waals surface area contributed by atoms with Gasteiger partial charge in [-0.1, -0.05) is 0 Å². The van der Waals surface area contributed by atoms with Crippen LogP contribution in [0.5, 0.6) is 0 Å². The van der Waals surface area contributed by atoms with Crippen molar-refractivity contribution in [2.24, 2.45) is 4.99 Å². The molecule has 2 aromatic heterocycles. The molecule has 0 amide bonds. The Morgan fingerprint density at radius 1 is 1.39 bits per heavy atom. The van der Waals surface area contributed by atoms with Gasteiger partial charge >= 0.3 is 6.18 Å². The van der Waals surface area contributed by atoms with Crippen LogP contribution in [0.4, 0.5) is 13.2 Å². The van der Waals surface area contributed by atoms with Gasteiger partial charge in [-0.2, -0.15) is 13.2 Å². The number of methoxy groups -OCH3 is 1. The monoisotopic (exact) mass is 514 g/mol. The SMILES string of the molecule is CN=C(NCc1nnc2ccc(C(F)(F)F)cn12)N1CCOC(COC)C1.I. The number of pyridine rings is 1. The average molecular weight is 514 g/mol. The summed E-state index contributed by atoms with van der Waals surface area (Å²) in [6.07, 6.45) is -3.49. The first-order valence-corrected chi connectivity index (χ1v) is 8.39. The quantitative estimate of drug-likeness (QED) is 0.381. The van der Waals surface area contributed by atoms with Gasteiger partial charge in [0.05, 0.1) is 31.4 Å². The molecule has 156 valence electrons. The van der Waals surface area contributed by atoms with Crippen molar-refractivity contribution in [1.29, 1.82) is 0 Å². The van der Waals surface area contributed by atoms with Gasteiger partial charge in [-0.3, -0.25) is 9.39 Å². The topological polar surface area (TPSA) is 76.3 Å². The molecule has 8 nitrogen and oxygen atoms in total. The first kappa shape index (κ1) is 22.6. The van der Waals surface area contributed by atoms with E-state index in [1.807, 2.05) is 4.90 Å². The van der Waals surface area contributed by atoms with Crippen molar-refractivity contribution in [2.45, 2.75) is 18.8 Å². The Labute approximate surface area is 177 Å². The lowest BCUT2D eigenvalue weighted by atomic mass is 10.3. The number of alkyl halides is 3. The average Bonchev–Trinajstić information content (AvgIpc) is 3.05. The fraction of sp³-hybridized carbons (Fsp3) is 0.562. The minimum Gasteiger partial charge on any atom is -0.382 e. The van der Waals surface area contributed by atoms with Crippen LogP contribution in [0.3, 0.4) is 0 Å². The highest BCUT2D eigenvalue weighted by Gasteiger charge is 2.31. The van der Waals surface area contributed by atoms with Crippen molar-refractivity contribution in [3.05, 3.63) is 29.7 Å². The van der Waals surface area contributed by atoms with Gasteiger partial charge < -0.3 is 19.7 Å². The zero-order chi connectivity index (χ0) is 19.4. The maximum absolute atomic E-state index is 12.9. The number of hydrogen-bond acceptors (Lipinski definition) is 5. The van der Waals surface area contributed by atoms with E-state index in [2.05, 4.69) is 20.5 Å². The van der Waals surface area contributed by atoms with Crippen LogP contribution < -0.4 is 5.32 Å². The van der Waals surface area contributed by atoms with E-state index in [0.29, 0.717) is 43.7 Å². The molecule has 0 aromatic carbocycles. The van der Waals surface area contributed by atoms with Gasteiger partial charge in [-0.25, -0.2) is 0 Å². The number of rotatable bonds is 4. The molecule has 1 atom stereocenters. The smallest absolute Gasteiger partial charge is 0.382 e. The Kier molecular flexibility index (Phi) is 7.83. The summed E-state index contributed by atoms with van der Waals surface area (Å²) in [7, 11) is 3.26. The number of morpholine rings is 1. The molecule has 0 saturated carbocycles. The maximum atomic E-state index is 12.9. The lowest BCUT2D eigenvalue weighted by Crippen LogP contribution is -2.51. The molecule has 1 unspecified atom stereocenters. The summed E-state index contributed by atoms with van der Waals surface area (Å²) in [4.78, 5) is 6.25. The maximum Gasteiger partial charge on any atom is 0.417 e. The molecule has 28 heavy (non-hydrogen) atoms. The van der Waals surface area contributed by atoms with Crippen LogP contribution in [0.1, 0.15) is 11.4 Å². The van der Waals surface area contributed by atoms with Gasteiger partial charge in [-0.15, -0.1) is 34.2 Å². The molecule has 1 aliphatic heterocycles. The molecular formula is C16H22F3IN6O2. The minimum atomic E-state index is -4.43. The Bertz CT molecular complexity index is 811. The number of ether oxygens (including phenoxy) is 2. The number of halogens is 4. The summed E-state index contributed by atoms with van der Waals surface area (Å²) in [6.45, 7) is 2.45. The van der Waals surface area contributed by atoms with Crippen LogP contribution in [0.2, 0.25) is 0 Å². The van der Waals surface area contributed by atoms with E-state index >= 15 is 0 Å². The number of guanidine groups is 1. The molecule has 0 bridgehead atoms. The lowest BCUT2D eigenvalue weighted by Gasteiger charge is -2.34. The third-order valence-electron chi connectivity index (χ3n) is 4.21. The number of fused-ring (bicyclic) bond motifs is 1. The molecule has 1 N–H and O–H groups in total. The molecule has 3 heterocycles. The van der Waals surface area contributed by atoms with Crippen molar-refractivity contribution in [3.8, 4) is 0 Å². The number of aromatic nitrogens is 3. The highest BCUT2D eigenvalue weighted by molar-refractivity contribution is 14.0. The summed E-state index contributed by atoms with van der Waals surface area (Å²) in [5, 5.41) is 11.0. The summed E-state index contributed by atoms with van der Waals surface area (Å²) >= 11 is 0. The van der Waals surface area contributed by atoms with E-state index in [-0.39, 0.29) is 36.6 Å². The number of nitrogens with zero attached hydrogens (tertiary/aromatic N) is 5. The van der Waals surface area contributed by atoms with E-state index < -0.39 is 11.7 Å². The Hall–Kier alpha value is -1.67. The fourth-order valence-corrected chi connectivity index (χ4v) is 2.92. The van der Waals surface area contributed by atoms with Crippen LogP contribution in [0.15, 0.2) is 23.3 Å². The van der Waals surface area contributed by atoms with Gasteiger partial charge in [0.15, 0.2) is 17.4 Å². The van der Waals surface area contributed by atoms with Gasteiger partial charge in [0.1, 0.15) is 0 Å². The van der Waals surface area contributed by atoms with Gasteiger partial charge in [0.25, 0.3) is 0 Å². The predicted molar refractivity (Wildman–Crippen MR) is 107 cm³/mol. The Morgan fingerprint density at radius 2 is 2.18 bits per heavy atom. The van der Waals surface area contributed by atoms with Crippen molar-refractivity contribution in [2.75, 3.05) is 40.5 Å². The second-order valence-corrected chi connectivity index (χ2v) is 6.05. The predicted octanol–water partition coefficient (Wildman–Crippen LogP) is 1.79. The second kappa shape index (κ2) is 9.69. The Morgan fingerprint density at radius 3 is 2.86 bits per heavy atom. The van der Waals surface area contributed by atoms with Crippen molar-refractivity contribution < 1.29 is 22.6 Å². The van der Waals surface area contributed by atoms with Crippen molar-refractivity contribution in [3.63, 3.8) is 0 Å². The van der Waals surface area contributed by atoms with Crippen LogP contribution in [-0.4, -0.2) is 72.0 Å². The van der Waals surface area contributed by atoms with E-state index in [4.69, 9.17) is 9.47 Å². The highest BCUT2D eigenvalue weighted by atomic mass is 127. The number of nitrogens with one attached hydrogen (secondary N) is 1. The minimum absolute atomic E-state index is 0. The summed E-state index contributed by atoms with van der Waals surface area (Å²) in [5.41, 5.74) is -0.405. The number of hydrogen-bond donors (Lipinski definition) is 1. The lowest BCUT2D eigenvalue weighted by molar-refractivity contribution is -0.137. The fourth-order valence-electron chi connectivity index (χ4n) is 2.92. The van der Waals surface area contributed by atoms with Crippen molar-refractivity contribution >= 4 is 35.6 Å². The van der Waals surface area contributed by atoms with Gasteiger partial charge in [-0.05, 0) is 12.1 Å². The summed E-state index contributed by atoms with van der Waals surface area (Å²) in [6, 6.07) is 2.29. The first-order valence-electron chi connectivity index (χ1n) is 8.39. The standard InChI is InChI=1S/C16H21F3N6O2.HI/c1-20-15(24-5-6-27-12(9-24)10-26-2)21-7-14-23-22-13-4-3-11(8-25(13)14)16(17,18)19;/h3-4,8,12H,5-7,9-10H2,1-2H3,(H,20,21);1H. The second-order valence-electron chi connectivity index (χ2n) is 6.05. The molecule has 0 aliphatic carbocycles. The van der Waals surface area contributed by atoms with E-state index in [1.54, 1.807) is 14.2 Å². The summed E-state index contributed by atoms with van der Waals surface area (Å²) in [5.74, 6) is 0.974. The van der Waals surface area contributed by atoms with E-state index in [9.17, 15) is 13.2 Å². The van der Waals surface area contributed by atoms with Crippen LogP contribution in [0.25, 0.3) is 5.65 Å². The van der Waals surface area contributed by atoms with Crippen LogP contribution in [0, 0.1) is 0 Å². The molecule has 2 aromatic rings. The molecular weight excluding hydrogens is 492 g/mol. The van der Waals surface area contributed by atoms with Crippen LogP contribution in [-0.2, 0) is 22.2 Å². The van der Waals surface area contributed by atoms with Crippen molar-refractivity contribution in [1.82, 2.24) is 24.8 Å². The molecule has 1 saturated heterocycles. The van der Waals surface area contributed by atoms with E-state index in [0.717, 1.165) is 12.3 Å². The third-order valence-corrected chi connectivity index (χ3v) is 4.21. The zero-order valence-electron chi connectivity index (χ0n) is 15.4. The highest BCUT2D eigenvalue weighted by Crippen LogP contribution is 2.29. The zero-order valence-corrected chi connectivity index (χ0v) is 17.8. The van der Waals surface area contributed by atoms with Gasteiger partial charge in [0, 0.05) is 33.4 Å². The summed E-state index contributed by atoms with van der Waals surface area (Å²) < 4.78 is 50.9. The van der Waals surface area contributed by atoms with E-state index in [1.165, 1.54) is 10.5 Å². The first-order chi connectivity index (χ1) is 12.9. The molecule has 0 spiro atoms. The molecule has 1 aliphatic rings. The molecule has 3 rings (SSSR count). The van der Waals surface area contributed by atoms with Crippen LogP contribution >= 0.6 is 24.0 Å². The largest absolute Gasteiger partial charge is 0.417 e. The number of aliphatic imine (C=N–C) groups is 1. The molecule has 1 fully saturated rings. The third kappa shape index (κ3) is 5.23. The molecule has 12 heteroatoms. The van der Waals surface area contributed by atoms with Gasteiger partial charge in [0.2, 0.25) is 0 Å². The molecule has 0 radical (unpaired) electrons. The Balaban J connectivity index is 0.00000280. The normalized spacial score (nSPS) is 18.2.